The number of rotatable bonds is 1. The summed E-state index contributed by atoms with van der Waals surface area (Å²) in [6.45, 7) is 3.85. The first-order valence-electron chi connectivity index (χ1n) is 3.38. The van der Waals surface area contributed by atoms with E-state index in [4.69, 9.17) is 0 Å². The lowest BCUT2D eigenvalue weighted by atomic mass is 10.4. The number of amides is 2. The number of hydrazine groups is 1. The van der Waals surface area contributed by atoms with Crippen molar-refractivity contribution in [3.8, 4) is 0 Å². The van der Waals surface area contributed by atoms with Crippen molar-refractivity contribution in [3.05, 3.63) is 11.6 Å². The summed E-state index contributed by atoms with van der Waals surface area (Å²) in [7, 11) is 0. The maximum atomic E-state index is 11.1. The molecule has 0 aromatic carbocycles. The van der Waals surface area contributed by atoms with Crippen molar-refractivity contribution < 1.29 is 4.79 Å². The predicted molar refractivity (Wildman–Crippen MR) is 45.4 cm³/mol. The number of carbonyl (C=O) groups is 1. The van der Waals surface area contributed by atoms with E-state index >= 15 is 0 Å². The van der Waals surface area contributed by atoms with Crippen LogP contribution in [0.15, 0.2) is 11.6 Å². The van der Waals surface area contributed by atoms with Crippen molar-refractivity contribution in [2.45, 2.75) is 19.9 Å². The summed E-state index contributed by atoms with van der Waals surface area (Å²) in [5, 5.41) is 4.55. The van der Waals surface area contributed by atoms with Gasteiger partial charge in [-0.1, -0.05) is 0 Å². The summed E-state index contributed by atoms with van der Waals surface area (Å²) in [6.07, 6.45) is 1.71. The molecule has 0 atom stereocenters. The van der Waals surface area contributed by atoms with Gasteiger partial charge in [-0.2, -0.15) is 4.41 Å². The Balaban J connectivity index is 2.30. The highest BCUT2D eigenvalue weighted by Crippen LogP contribution is 2.13. The highest BCUT2D eigenvalue weighted by atomic mass is 32.2. The molecule has 11 heavy (non-hydrogen) atoms. The molecule has 5 heteroatoms. The third kappa shape index (κ3) is 2.34. The second kappa shape index (κ2) is 3.52. The minimum absolute atomic E-state index is 0.116. The summed E-state index contributed by atoms with van der Waals surface area (Å²) in [6, 6.07) is 0.0560. The average Bonchev–Trinajstić information content (AvgIpc) is 2.35. The van der Waals surface area contributed by atoms with Gasteiger partial charge in [0.15, 0.2) is 0 Å². The summed E-state index contributed by atoms with van der Waals surface area (Å²) in [4.78, 5) is 11.1. The van der Waals surface area contributed by atoms with Gasteiger partial charge in [0.2, 0.25) is 0 Å². The highest BCUT2D eigenvalue weighted by molar-refractivity contribution is 8.00. The molecule has 2 amide bonds. The molecule has 0 aliphatic carbocycles. The van der Waals surface area contributed by atoms with Crippen molar-refractivity contribution in [3.63, 3.8) is 0 Å². The molecule has 0 saturated carbocycles. The number of nitrogens with zero attached hydrogens (tertiary/aromatic N) is 1. The number of hydrogen-bond donors (Lipinski definition) is 2. The molecule has 0 unspecified atom stereocenters. The van der Waals surface area contributed by atoms with Gasteiger partial charge in [0.1, 0.15) is 0 Å². The van der Waals surface area contributed by atoms with Gasteiger partial charge in [-0.05, 0) is 13.8 Å². The number of nitrogens with one attached hydrogen (secondary N) is 2. The molecule has 1 aliphatic rings. The van der Waals surface area contributed by atoms with Crippen molar-refractivity contribution >= 4 is 18.0 Å². The minimum atomic E-state index is -0.116. The van der Waals surface area contributed by atoms with E-state index in [9.17, 15) is 4.79 Å². The third-order valence-electron chi connectivity index (χ3n) is 1.02. The van der Waals surface area contributed by atoms with Crippen molar-refractivity contribution in [2.24, 2.45) is 0 Å². The van der Waals surface area contributed by atoms with Gasteiger partial charge in [0, 0.05) is 29.6 Å². The molecule has 62 valence electrons. The Labute approximate surface area is 70.1 Å². The van der Waals surface area contributed by atoms with Crippen LogP contribution in [-0.4, -0.2) is 16.5 Å². The summed E-state index contributed by atoms with van der Waals surface area (Å²) in [5.74, 6) is 0. The Kier molecular flexibility index (Phi) is 2.64. The predicted octanol–water partition coefficient (Wildman–Crippen LogP) is 1.04. The van der Waals surface area contributed by atoms with Crippen LogP contribution >= 0.6 is 11.9 Å². The lowest BCUT2D eigenvalue weighted by molar-refractivity contribution is 0.218. The summed E-state index contributed by atoms with van der Waals surface area (Å²) < 4.78 is 1.43. The molecule has 0 bridgehead atoms. The zero-order chi connectivity index (χ0) is 8.27. The Morgan fingerprint density at radius 1 is 1.73 bits per heavy atom. The maximum absolute atomic E-state index is 11.1. The molecule has 0 saturated heterocycles. The average molecular weight is 173 g/mol. The van der Waals surface area contributed by atoms with E-state index < -0.39 is 0 Å². The molecule has 1 aliphatic heterocycles. The first-order valence-corrected chi connectivity index (χ1v) is 4.22. The topological polar surface area (TPSA) is 44.4 Å². The van der Waals surface area contributed by atoms with Gasteiger partial charge < -0.3 is 5.32 Å². The van der Waals surface area contributed by atoms with Crippen LogP contribution in [0.1, 0.15) is 13.8 Å². The zero-order valence-corrected chi connectivity index (χ0v) is 7.31. The van der Waals surface area contributed by atoms with Crippen LogP contribution in [-0.2, 0) is 0 Å². The van der Waals surface area contributed by atoms with E-state index in [1.165, 1.54) is 16.4 Å². The van der Waals surface area contributed by atoms with Crippen LogP contribution in [0, 0.1) is 0 Å². The maximum Gasteiger partial charge on any atom is 0.347 e. The minimum Gasteiger partial charge on any atom is -0.334 e. The van der Waals surface area contributed by atoms with Gasteiger partial charge in [-0.25, -0.2) is 4.79 Å². The fourth-order valence-electron chi connectivity index (χ4n) is 0.632. The van der Waals surface area contributed by atoms with Crippen LogP contribution in [0.5, 0.6) is 0 Å². The van der Waals surface area contributed by atoms with Crippen LogP contribution in [0.3, 0.4) is 0 Å². The van der Waals surface area contributed by atoms with Crippen molar-refractivity contribution in [1.82, 2.24) is 15.2 Å². The van der Waals surface area contributed by atoms with Gasteiger partial charge in [0.05, 0.1) is 0 Å². The van der Waals surface area contributed by atoms with Gasteiger partial charge in [0.25, 0.3) is 0 Å². The smallest absolute Gasteiger partial charge is 0.334 e. The van der Waals surface area contributed by atoms with Gasteiger partial charge >= 0.3 is 6.03 Å². The van der Waals surface area contributed by atoms with E-state index in [0.717, 1.165) is 0 Å². The van der Waals surface area contributed by atoms with Crippen LogP contribution in [0.4, 0.5) is 4.79 Å². The number of urea groups is 1. The standard InChI is InChI=1S/C6H11N3OS/c1-5(2)8-6(10)9-7-3-4-11-9/h3-5,7H,1-2H3,(H,8,10). The molecule has 2 N–H and O–H groups in total. The van der Waals surface area contributed by atoms with E-state index in [1.54, 1.807) is 11.6 Å². The molecule has 0 aromatic rings. The van der Waals surface area contributed by atoms with Crippen LogP contribution < -0.4 is 10.7 Å². The fraction of sp³-hybridized carbons (Fsp3) is 0.500. The summed E-state index contributed by atoms with van der Waals surface area (Å²) >= 11 is 1.32. The quantitative estimate of drug-likeness (QED) is 0.582. The molecular formula is C6H11N3OS. The van der Waals surface area contributed by atoms with E-state index in [-0.39, 0.29) is 12.1 Å². The van der Waals surface area contributed by atoms with E-state index in [0.29, 0.717) is 0 Å². The van der Waals surface area contributed by atoms with E-state index in [1.807, 2.05) is 13.8 Å². The van der Waals surface area contributed by atoms with Crippen LogP contribution in [0.2, 0.25) is 0 Å². The number of carbonyl (C=O) groups excluding carboxylic acids is 1. The zero-order valence-electron chi connectivity index (χ0n) is 6.50. The largest absolute Gasteiger partial charge is 0.347 e. The Hall–Kier alpha value is -0.840. The molecule has 0 fully saturated rings. The second-order valence-corrected chi connectivity index (χ2v) is 3.28. The molecule has 1 rings (SSSR count). The third-order valence-corrected chi connectivity index (χ3v) is 1.76. The normalized spacial score (nSPS) is 15.4. The number of hydrogen-bond acceptors (Lipinski definition) is 3. The SMILES string of the molecule is CC(C)NC(=O)N1NC=CS1. The highest BCUT2D eigenvalue weighted by Gasteiger charge is 2.14. The van der Waals surface area contributed by atoms with Gasteiger partial charge in [-0.3, -0.25) is 5.43 Å². The molecule has 0 radical (unpaired) electrons. The molecule has 0 aromatic heterocycles. The Bertz CT molecular complexity index is 173. The molecule has 0 spiro atoms. The van der Waals surface area contributed by atoms with E-state index in [2.05, 4.69) is 10.7 Å². The Morgan fingerprint density at radius 3 is 2.91 bits per heavy atom. The monoisotopic (exact) mass is 173 g/mol. The van der Waals surface area contributed by atoms with Crippen molar-refractivity contribution in [2.75, 3.05) is 0 Å². The van der Waals surface area contributed by atoms with Crippen molar-refractivity contribution in [1.29, 1.82) is 0 Å². The first-order chi connectivity index (χ1) is 5.20. The Morgan fingerprint density at radius 2 is 2.45 bits per heavy atom. The lowest BCUT2D eigenvalue weighted by Gasteiger charge is -2.16. The molecule has 4 nitrogen and oxygen atoms in total. The first kappa shape index (κ1) is 8.26. The van der Waals surface area contributed by atoms with Gasteiger partial charge in [-0.15, -0.1) is 0 Å². The molecule has 1 heterocycles. The van der Waals surface area contributed by atoms with Crippen LogP contribution in [0.25, 0.3) is 0 Å². The fourth-order valence-corrected chi connectivity index (χ4v) is 1.15. The second-order valence-electron chi connectivity index (χ2n) is 2.44. The lowest BCUT2D eigenvalue weighted by Crippen LogP contribution is -2.42. The molecular weight excluding hydrogens is 162 g/mol. The summed E-state index contributed by atoms with van der Waals surface area (Å²) in [5.41, 5.74) is 2.77.